The molecule has 3 amide bonds. The molecule has 0 bridgehead atoms. The van der Waals surface area contributed by atoms with E-state index in [4.69, 9.17) is 10.8 Å². The lowest BCUT2D eigenvalue weighted by atomic mass is 9.98. The number of imidazole rings is 1. The monoisotopic (exact) mass is 440 g/mol. The van der Waals surface area contributed by atoms with Crippen LogP contribution in [-0.4, -0.2) is 74.5 Å². The molecule has 4 atom stereocenters. The van der Waals surface area contributed by atoms with Crippen LogP contribution in [-0.2, 0) is 30.4 Å². The molecule has 0 spiro atoms. The number of carboxylic acid groups (broad SMARTS) is 2. The Hall–Kier alpha value is -3.48. The summed E-state index contributed by atoms with van der Waals surface area (Å²) in [5, 5.41) is 25.4. The standard InChI is InChI=1S/C18H28N6O7/c1-3-9(2)15(18(30)31)24-17(29)11(4-10-7-20-8-21-10)23-16(28)12(5-14(26)27)22-13(25)6-19/h7-9,11-12,15H,3-6,19H2,1-2H3,(H,20,21)(H,22,25)(H,23,28)(H,24,29)(H,26,27)(H,30,31). The molecule has 172 valence electrons. The van der Waals surface area contributed by atoms with Crippen LogP contribution >= 0.6 is 0 Å². The van der Waals surface area contributed by atoms with Gasteiger partial charge in [-0.05, 0) is 5.92 Å². The fourth-order valence-electron chi connectivity index (χ4n) is 2.67. The van der Waals surface area contributed by atoms with E-state index in [0.717, 1.165) is 0 Å². The first kappa shape index (κ1) is 25.6. The zero-order chi connectivity index (χ0) is 23.6. The van der Waals surface area contributed by atoms with E-state index >= 15 is 0 Å². The van der Waals surface area contributed by atoms with Crippen molar-refractivity contribution in [2.45, 2.75) is 51.2 Å². The van der Waals surface area contributed by atoms with Crippen molar-refractivity contribution in [2.75, 3.05) is 6.54 Å². The number of aromatic nitrogens is 2. The number of aromatic amines is 1. The van der Waals surface area contributed by atoms with E-state index < -0.39 is 60.8 Å². The van der Waals surface area contributed by atoms with Gasteiger partial charge < -0.3 is 36.9 Å². The van der Waals surface area contributed by atoms with E-state index in [1.807, 2.05) is 0 Å². The Balaban J connectivity index is 3.06. The first-order valence-corrected chi connectivity index (χ1v) is 9.61. The van der Waals surface area contributed by atoms with Crippen LogP contribution < -0.4 is 21.7 Å². The third-order valence-electron chi connectivity index (χ3n) is 4.60. The summed E-state index contributed by atoms with van der Waals surface area (Å²) in [5.74, 6) is -5.43. The molecule has 0 radical (unpaired) electrons. The number of rotatable bonds is 13. The molecule has 4 unspecified atom stereocenters. The van der Waals surface area contributed by atoms with Gasteiger partial charge in [0.25, 0.3) is 0 Å². The number of amides is 3. The van der Waals surface area contributed by atoms with E-state index in [2.05, 4.69) is 25.9 Å². The molecule has 1 heterocycles. The lowest BCUT2D eigenvalue weighted by Crippen LogP contribution is -2.58. The van der Waals surface area contributed by atoms with E-state index in [1.54, 1.807) is 13.8 Å². The van der Waals surface area contributed by atoms with Crippen LogP contribution in [0.25, 0.3) is 0 Å². The van der Waals surface area contributed by atoms with Gasteiger partial charge in [0, 0.05) is 18.3 Å². The Kier molecular flexibility index (Phi) is 10.1. The number of aliphatic carboxylic acids is 2. The summed E-state index contributed by atoms with van der Waals surface area (Å²) in [7, 11) is 0. The first-order chi connectivity index (χ1) is 14.6. The van der Waals surface area contributed by atoms with Crippen molar-refractivity contribution in [1.29, 1.82) is 0 Å². The zero-order valence-corrected chi connectivity index (χ0v) is 17.3. The van der Waals surface area contributed by atoms with Crippen molar-refractivity contribution in [3.8, 4) is 0 Å². The summed E-state index contributed by atoms with van der Waals surface area (Å²) >= 11 is 0. The fourth-order valence-corrected chi connectivity index (χ4v) is 2.67. The topological polar surface area (TPSA) is 217 Å². The van der Waals surface area contributed by atoms with Crippen molar-refractivity contribution >= 4 is 29.7 Å². The molecule has 0 saturated heterocycles. The summed E-state index contributed by atoms with van der Waals surface area (Å²) < 4.78 is 0. The van der Waals surface area contributed by atoms with Crippen molar-refractivity contribution in [1.82, 2.24) is 25.9 Å². The van der Waals surface area contributed by atoms with Crippen molar-refractivity contribution in [3.63, 3.8) is 0 Å². The van der Waals surface area contributed by atoms with Crippen LogP contribution in [0.5, 0.6) is 0 Å². The molecule has 0 aliphatic carbocycles. The molecule has 31 heavy (non-hydrogen) atoms. The fraction of sp³-hybridized carbons (Fsp3) is 0.556. The Morgan fingerprint density at radius 1 is 1.10 bits per heavy atom. The van der Waals surface area contributed by atoms with Gasteiger partial charge in [-0.3, -0.25) is 19.2 Å². The summed E-state index contributed by atoms with van der Waals surface area (Å²) in [5.41, 5.74) is 5.66. The summed E-state index contributed by atoms with van der Waals surface area (Å²) in [4.78, 5) is 66.2. The lowest BCUT2D eigenvalue weighted by molar-refractivity contribution is -0.144. The van der Waals surface area contributed by atoms with Gasteiger partial charge in [-0.25, -0.2) is 9.78 Å². The molecule has 1 aromatic heterocycles. The number of nitrogens with one attached hydrogen (secondary N) is 4. The van der Waals surface area contributed by atoms with Gasteiger partial charge in [0.2, 0.25) is 17.7 Å². The average Bonchev–Trinajstić information content (AvgIpc) is 3.22. The van der Waals surface area contributed by atoms with Crippen molar-refractivity contribution < 1.29 is 34.2 Å². The van der Waals surface area contributed by atoms with Gasteiger partial charge in [0.05, 0.1) is 19.3 Å². The molecule has 13 heteroatoms. The van der Waals surface area contributed by atoms with Gasteiger partial charge in [-0.1, -0.05) is 20.3 Å². The number of nitrogens with two attached hydrogens (primary N) is 1. The molecule has 13 nitrogen and oxygen atoms in total. The van der Waals surface area contributed by atoms with Gasteiger partial charge in [-0.15, -0.1) is 0 Å². The average molecular weight is 440 g/mol. The van der Waals surface area contributed by atoms with E-state index in [0.29, 0.717) is 12.1 Å². The van der Waals surface area contributed by atoms with Crippen LogP contribution in [0.4, 0.5) is 0 Å². The van der Waals surface area contributed by atoms with Crippen LogP contribution in [0.2, 0.25) is 0 Å². The van der Waals surface area contributed by atoms with Gasteiger partial charge in [0.15, 0.2) is 0 Å². The highest BCUT2D eigenvalue weighted by Crippen LogP contribution is 2.09. The maximum absolute atomic E-state index is 12.8. The van der Waals surface area contributed by atoms with Crippen LogP contribution in [0.3, 0.4) is 0 Å². The highest BCUT2D eigenvalue weighted by molar-refractivity contribution is 5.95. The quantitative estimate of drug-likeness (QED) is 0.180. The van der Waals surface area contributed by atoms with Crippen LogP contribution in [0.15, 0.2) is 12.5 Å². The van der Waals surface area contributed by atoms with Gasteiger partial charge in [-0.2, -0.15) is 0 Å². The summed E-state index contributed by atoms with van der Waals surface area (Å²) in [6, 6.07) is -3.93. The Morgan fingerprint density at radius 3 is 2.23 bits per heavy atom. The number of carboxylic acids is 2. The third-order valence-corrected chi connectivity index (χ3v) is 4.60. The molecule has 0 aliphatic rings. The number of hydrogen-bond acceptors (Lipinski definition) is 7. The molecule has 0 aromatic carbocycles. The second-order valence-electron chi connectivity index (χ2n) is 6.97. The van der Waals surface area contributed by atoms with Gasteiger partial charge >= 0.3 is 11.9 Å². The lowest BCUT2D eigenvalue weighted by Gasteiger charge is -2.25. The van der Waals surface area contributed by atoms with E-state index in [9.17, 15) is 29.1 Å². The van der Waals surface area contributed by atoms with E-state index in [-0.39, 0.29) is 12.3 Å². The Bertz CT molecular complexity index is 782. The van der Waals surface area contributed by atoms with Crippen molar-refractivity contribution in [2.24, 2.45) is 11.7 Å². The number of nitrogens with zero attached hydrogens (tertiary/aromatic N) is 1. The SMILES string of the molecule is CCC(C)C(NC(=O)C(Cc1cnc[nH]1)NC(=O)C(CC(=O)O)NC(=O)CN)C(=O)O. The normalized spacial score (nSPS) is 14.5. The highest BCUT2D eigenvalue weighted by Gasteiger charge is 2.32. The minimum absolute atomic E-state index is 0.0744. The molecule has 0 fully saturated rings. The Labute approximate surface area is 178 Å². The maximum atomic E-state index is 12.8. The molecular formula is C18H28N6O7. The smallest absolute Gasteiger partial charge is 0.326 e. The molecule has 1 aromatic rings. The maximum Gasteiger partial charge on any atom is 0.326 e. The van der Waals surface area contributed by atoms with Crippen LogP contribution in [0.1, 0.15) is 32.4 Å². The van der Waals surface area contributed by atoms with E-state index in [1.165, 1.54) is 12.5 Å². The first-order valence-electron chi connectivity index (χ1n) is 9.61. The number of carbonyl (C=O) groups is 5. The Morgan fingerprint density at radius 2 is 1.74 bits per heavy atom. The summed E-state index contributed by atoms with van der Waals surface area (Å²) in [6.45, 7) is 2.97. The van der Waals surface area contributed by atoms with Crippen LogP contribution in [0, 0.1) is 5.92 Å². The number of H-pyrrole nitrogens is 1. The predicted octanol–water partition coefficient (Wildman–Crippen LogP) is -2.03. The van der Waals surface area contributed by atoms with Gasteiger partial charge in [0.1, 0.15) is 18.1 Å². The molecule has 0 aliphatic heterocycles. The largest absolute Gasteiger partial charge is 0.481 e. The number of carbonyl (C=O) groups excluding carboxylic acids is 3. The second-order valence-corrected chi connectivity index (χ2v) is 6.97. The minimum Gasteiger partial charge on any atom is -0.481 e. The molecule has 8 N–H and O–H groups in total. The number of hydrogen-bond donors (Lipinski definition) is 7. The second kappa shape index (κ2) is 12.3. The highest BCUT2D eigenvalue weighted by atomic mass is 16.4. The zero-order valence-electron chi connectivity index (χ0n) is 17.3. The predicted molar refractivity (Wildman–Crippen MR) is 106 cm³/mol. The molecule has 0 saturated carbocycles. The third kappa shape index (κ3) is 8.42. The summed E-state index contributed by atoms with van der Waals surface area (Å²) in [6.07, 6.45) is 2.46. The molecule has 1 rings (SSSR count). The molecular weight excluding hydrogens is 412 g/mol. The van der Waals surface area contributed by atoms with Crippen molar-refractivity contribution in [3.05, 3.63) is 18.2 Å². The minimum atomic E-state index is -1.48.